The number of aromatic nitrogens is 2. The van der Waals surface area contributed by atoms with E-state index in [1.165, 1.54) is 4.90 Å². The molecule has 1 unspecified atom stereocenters. The first-order chi connectivity index (χ1) is 15.1. The summed E-state index contributed by atoms with van der Waals surface area (Å²) in [6, 6.07) is 0.841. The Morgan fingerprint density at radius 2 is 1.81 bits per heavy atom. The zero-order chi connectivity index (χ0) is 23.3. The molecule has 2 aliphatic heterocycles. The van der Waals surface area contributed by atoms with Crippen LogP contribution < -0.4 is 15.5 Å². The molecule has 0 radical (unpaired) electrons. The molecule has 2 aromatic rings. The van der Waals surface area contributed by atoms with E-state index in [0.29, 0.717) is 35.3 Å². The quantitative estimate of drug-likeness (QED) is 0.699. The van der Waals surface area contributed by atoms with E-state index >= 15 is 0 Å². The number of hydrogen-bond donors (Lipinski definition) is 2. The Labute approximate surface area is 182 Å². The second kappa shape index (κ2) is 7.95. The fraction of sp³-hybridized carbons (Fsp3) is 0.429. The molecule has 0 spiro atoms. The maximum absolute atomic E-state index is 13.4. The Morgan fingerprint density at radius 3 is 2.41 bits per heavy atom. The Kier molecular flexibility index (Phi) is 5.43. The molecule has 1 aromatic carbocycles. The number of fused-ring (bicyclic) bond motifs is 1. The number of likely N-dealkylation sites (tertiary alicyclic amines) is 1. The number of nitrogens with one attached hydrogen (secondary N) is 2. The first-order valence-corrected chi connectivity index (χ1v) is 10.2. The molecule has 2 N–H and O–H groups in total. The number of aryl methyl sites for hydroxylation is 1. The average molecular weight is 448 g/mol. The maximum Gasteiger partial charge on any atom is 0.254 e. The number of likely N-dealkylation sites (N-methyl/N-ethyl adjacent to an activating group) is 1. The van der Waals surface area contributed by atoms with Gasteiger partial charge in [-0.25, -0.2) is 18.2 Å². The lowest BCUT2D eigenvalue weighted by Gasteiger charge is -2.40. The molecule has 2 aliphatic rings. The van der Waals surface area contributed by atoms with E-state index in [1.807, 2.05) is 25.8 Å². The molecule has 11 heteroatoms. The monoisotopic (exact) mass is 448 g/mol. The van der Waals surface area contributed by atoms with Crippen molar-refractivity contribution >= 4 is 29.3 Å². The largest absolute Gasteiger partial charge is 0.348 e. The van der Waals surface area contributed by atoms with Gasteiger partial charge in [0.05, 0.1) is 11.7 Å². The number of benzene rings is 1. The van der Waals surface area contributed by atoms with E-state index in [4.69, 9.17) is 0 Å². The van der Waals surface area contributed by atoms with Gasteiger partial charge in [0, 0.05) is 25.7 Å². The summed E-state index contributed by atoms with van der Waals surface area (Å²) in [5.41, 5.74) is 0.910. The van der Waals surface area contributed by atoms with Gasteiger partial charge in [-0.3, -0.25) is 9.59 Å². The zero-order valence-electron chi connectivity index (χ0n) is 18.0. The fourth-order valence-corrected chi connectivity index (χ4v) is 4.06. The van der Waals surface area contributed by atoms with Crippen molar-refractivity contribution in [2.24, 2.45) is 5.92 Å². The van der Waals surface area contributed by atoms with Crippen molar-refractivity contribution < 1.29 is 22.8 Å². The second-order valence-corrected chi connectivity index (χ2v) is 8.43. The number of nitrogens with zero attached hydrogens (tertiary/aromatic N) is 4. The summed E-state index contributed by atoms with van der Waals surface area (Å²) >= 11 is 0. The molecule has 1 saturated heterocycles. The number of rotatable bonds is 4. The molecule has 170 valence electrons. The highest BCUT2D eigenvalue weighted by atomic mass is 19.2. The van der Waals surface area contributed by atoms with Crippen LogP contribution >= 0.6 is 0 Å². The molecule has 1 aromatic heterocycles. The van der Waals surface area contributed by atoms with Crippen LogP contribution in [0.5, 0.6) is 0 Å². The van der Waals surface area contributed by atoms with Crippen LogP contribution in [-0.2, 0) is 4.79 Å². The zero-order valence-corrected chi connectivity index (χ0v) is 18.0. The van der Waals surface area contributed by atoms with Crippen molar-refractivity contribution in [2.45, 2.75) is 32.9 Å². The summed E-state index contributed by atoms with van der Waals surface area (Å²) in [7, 11) is 1.81. The SMILES string of the molecule is Cc1nc(NC2CN(C(=O)c3cc(F)c(F)c(F)c3)C2)nc2c1NC(=O)C(C(C)C)N2C. The predicted octanol–water partition coefficient (Wildman–Crippen LogP) is 2.55. The highest BCUT2D eigenvalue weighted by Crippen LogP contribution is 2.34. The maximum atomic E-state index is 13.4. The first kappa shape index (κ1) is 21.8. The summed E-state index contributed by atoms with van der Waals surface area (Å²) in [6.07, 6.45) is 0. The normalized spacial score (nSPS) is 18.4. The van der Waals surface area contributed by atoms with Crippen molar-refractivity contribution in [1.82, 2.24) is 14.9 Å². The van der Waals surface area contributed by atoms with Crippen molar-refractivity contribution in [3.05, 3.63) is 40.8 Å². The minimum atomic E-state index is -1.61. The molecular formula is C21H23F3N6O2. The molecule has 32 heavy (non-hydrogen) atoms. The molecule has 3 heterocycles. The van der Waals surface area contributed by atoms with Gasteiger partial charge < -0.3 is 20.4 Å². The third kappa shape index (κ3) is 3.71. The number of carbonyl (C=O) groups is 2. The van der Waals surface area contributed by atoms with Crippen molar-refractivity contribution in [1.29, 1.82) is 0 Å². The summed E-state index contributed by atoms with van der Waals surface area (Å²) in [6.45, 7) is 6.21. The first-order valence-electron chi connectivity index (χ1n) is 10.2. The average Bonchev–Trinajstić information content (AvgIpc) is 2.68. The van der Waals surface area contributed by atoms with Crippen LogP contribution in [0.25, 0.3) is 0 Å². The van der Waals surface area contributed by atoms with Crippen molar-refractivity contribution in [2.75, 3.05) is 35.7 Å². The van der Waals surface area contributed by atoms with E-state index in [9.17, 15) is 22.8 Å². The summed E-state index contributed by atoms with van der Waals surface area (Å²) in [4.78, 5) is 37.0. The van der Waals surface area contributed by atoms with E-state index in [-0.39, 0.29) is 42.6 Å². The number of amides is 2. The van der Waals surface area contributed by atoms with E-state index in [1.54, 1.807) is 6.92 Å². The van der Waals surface area contributed by atoms with Crippen LogP contribution in [0.2, 0.25) is 0 Å². The molecule has 4 rings (SSSR count). The van der Waals surface area contributed by atoms with Gasteiger partial charge in [0.15, 0.2) is 23.3 Å². The highest BCUT2D eigenvalue weighted by molar-refractivity contribution is 6.03. The number of anilines is 3. The molecule has 1 atom stereocenters. The molecule has 0 bridgehead atoms. The smallest absolute Gasteiger partial charge is 0.254 e. The Hall–Kier alpha value is -3.37. The van der Waals surface area contributed by atoms with Gasteiger partial charge >= 0.3 is 0 Å². The Bertz CT molecular complexity index is 1080. The Balaban J connectivity index is 1.45. The molecular weight excluding hydrogens is 425 g/mol. The van der Waals surface area contributed by atoms with Gasteiger partial charge in [-0.15, -0.1) is 0 Å². The van der Waals surface area contributed by atoms with Gasteiger partial charge in [-0.05, 0) is 25.0 Å². The molecule has 2 amide bonds. The highest BCUT2D eigenvalue weighted by Gasteiger charge is 2.36. The third-order valence-corrected chi connectivity index (χ3v) is 5.70. The number of hydrogen-bond acceptors (Lipinski definition) is 6. The van der Waals surface area contributed by atoms with Crippen LogP contribution in [0, 0.1) is 30.3 Å². The van der Waals surface area contributed by atoms with Gasteiger partial charge in [-0.1, -0.05) is 13.8 Å². The summed E-state index contributed by atoms with van der Waals surface area (Å²) in [5.74, 6) is -4.09. The van der Waals surface area contributed by atoms with Crippen molar-refractivity contribution in [3.63, 3.8) is 0 Å². The molecule has 1 fully saturated rings. The van der Waals surface area contributed by atoms with Crippen LogP contribution in [0.4, 0.5) is 30.6 Å². The van der Waals surface area contributed by atoms with E-state index < -0.39 is 23.4 Å². The summed E-state index contributed by atoms with van der Waals surface area (Å²) < 4.78 is 39.9. The van der Waals surface area contributed by atoms with Gasteiger partial charge in [-0.2, -0.15) is 4.98 Å². The van der Waals surface area contributed by atoms with Gasteiger partial charge in [0.25, 0.3) is 5.91 Å². The van der Waals surface area contributed by atoms with Crippen LogP contribution in [0.15, 0.2) is 12.1 Å². The fourth-order valence-electron chi connectivity index (χ4n) is 4.06. The minimum Gasteiger partial charge on any atom is -0.348 e. The predicted molar refractivity (Wildman–Crippen MR) is 112 cm³/mol. The standard InChI is InChI=1S/C21H23F3N6O2/c1-9(2)17-19(31)27-16-10(3)25-21(28-18(16)29(17)4)26-12-7-30(8-12)20(32)11-5-13(22)15(24)14(23)6-11/h5-6,9,12,17H,7-8H2,1-4H3,(H,27,31)(H,25,26,28). The second-order valence-electron chi connectivity index (χ2n) is 8.43. The topological polar surface area (TPSA) is 90.5 Å². The molecule has 0 saturated carbocycles. The Morgan fingerprint density at radius 1 is 1.19 bits per heavy atom. The lowest BCUT2D eigenvalue weighted by molar-refractivity contribution is -0.118. The molecule has 8 nitrogen and oxygen atoms in total. The number of carbonyl (C=O) groups excluding carboxylic acids is 2. The summed E-state index contributed by atoms with van der Waals surface area (Å²) in [5, 5.41) is 6.03. The minimum absolute atomic E-state index is 0.0761. The van der Waals surface area contributed by atoms with Gasteiger partial charge in [0.1, 0.15) is 11.7 Å². The van der Waals surface area contributed by atoms with E-state index in [2.05, 4.69) is 20.6 Å². The van der Waals surface area contributed by atoms with Crippen LogP contribution in [0.1, 0.15) is 29.9 Å². The van der Waals surface area contributed by atoms with Crippen LogP contribution in [-0.4, -0.2) is 58.9 Å². The van der Waals surface area contributed by atoms with E-state index in [0.717, 1.165) is 0 Å². The number of halogens is 3. The molecule has 0 aliphatic carbocycles. The third-order valence-electron chi connectivity index (χ3n) is 5.70. The lowest BCUT2D eigenvalue weighted by Crippen LogP contribution is -2.57. The van der Waals surface area contributed by atoms with Crippen LogP contribution in [0.3, 0.4) is 0 Å². The van der Waals surface area contributed by atoms with Gasteiger partial charge in [0.2, 0.25) is 11.9 Å². The lowest BCUT2D eigenvalue weighted by atomic mass is 9.99. The van der Waals surface area contributed by atoms with Crippen molar-refractivity contribution in [3.8, 4) is 0 Å².